The molecule has 2 aromatic carbocycles. The summed E-state index contributed by atoms with van der Waals surface area (Å²) in [4.78, 5) is 15.2. The van der Waals surface area contributed by atoms with E-state index >= 15 is 0 Å². The van der Waals surface area contributed by atoms with Gasteiger partial charge in [-0.1, -0.05) is 58.0 Å². The molecule has 0 aromatic heterocycles. The van der Waals surface area contributed by atoms with Gasteiger partial charge in [-0.3, -0.25) is 9.69 Å². The lowest BCUT2D eigenvalue weighted by molar-refractivity contribution is -0.114. The molecule has 3 nitrogen and oxygen atoms in total. The molecule has 21 heavy (non-hydrogen) atoms. The number of rotatable bonds is 1. The van der Waals surface area contributed by atoms with E-state index < -0.39 is 0 Å². The van der Waals surface area contributed by atoms with Crippen molar-refractivity contribution in [2.75, 3.05) is 10.2 Å². The fourth-order valence-corrected chi connectivity index (χ4v) is 4.08. The highest BCUT2D eigenvalue weighted by Crippen LogP contribution is 2.47. The van der Waals surface area contributed by atoms with Crippen molar-refractivity contribution in [3.63, 3.8) is 0 Å². The molecule has 1 atom stereocenters. The van der Waals surface area contributed by atoms with Gasteiger partial charge in [-0.25, -0.2) is 0 Å². The van der Waals surface area contributed by atoms with Crippen molar-refractivity contribution in [1.82, 2.24) is 0 Å². The predicted octanol–water partition coefficient (Wildman–Crippen LogP) is 4.28. The van der Waals surface area contributed by atoms with Crippen molar-refractivity contribution >= 4 is 51.0 Å². The SMILES string of the molecule is O=C1/C(=C/c2ccccc2Br)S[C@H]2Nc3ccccc3N12. The summed E-state index contributed by atoms with van der Waals surface area (Å²) in [5.74, 6) is 0.0539. The third kappa shape index (κ3) is 2.08. The molecule has 0 radical (unpaired) electrons. The number of carbonyl (C=O) groups excluding carboxylic acids is 1. The van der Waals surface area contributed by atoms with Crippen molar-refractivity contribution in [2.24, 2.45) is 0 Å². The Morgan fingerprint density at radius 3 is 2.76 bits per heavy atom. The first kappa shape index (κ1) is 13.0. The lowest BCUT2D eigenvalue weighted by atomic mass is 10.2. The zero-order valence-electron chi connectivity index (χ0n) is 10.9. The molecule has 0 unspecified atom stereocenters. The third-order valence-corrected chi connectivity index (χ3v) is 5.36. The van der Waals surface area contributed by atoms with Crippen LogP contribution in [0.5, 0.6) is 0 Å². The minimum Gasteiger partial charge on any atom is -0.354 e. The number of thioether (sulfide) groups is 1. The number of benzene rings is 2. The van der Waals surface area contributed by atoms with Crippen LogP contribution in [-0.4, -0.2) is 11.4 Å². The predicted molar refractivity (Wildman–Crippen MR) is 91.0 cm³/mol. The standard InChI is InChI=1S/C16H11BrN2OS/c17-11-6-2-1-5-10(11)9-14-15(20)19-13-8-4-3-7-12(13)18-16(19)21-14/h1-9,16,18H/b14-9-/t16-/m0/s1. The van der Waals surface area contributed by atoms with Gasteiger partial charge in [-0.2, -0.15) is 0 Å². The number of carbonyl (C=O) groups is 1. The zero-order valence-corrected chi connectivity index (χ0v) is 13.3. The Kier molecular flexibility index (Phi) is 3.05. The average Bonchev–Trinajstić information content (AvgIpc) is 2.99. The van der Waals surface area contributed by atoms with Gasteiger partial charge in [-0.05, 0) is 29.8 Å². The van der Waals surface area contributed by atoms with E-state index in [0.717, 1.165) is 26.3 Å². The largest absolute Gasteiger partial charge is 0.354 e. The maximum Gasteiger partial charge on any atom is 0.267 e. The third-order valence-electron chi connectivity index (χ3n) is 3.54. The minimum atomic E-state index is -0.0383. The highest BCUT2D eigenvalue weighted by Gasteiger charge is 2.42. The molecule has 0 bridgehead atoms. The average molecular weight is 359 g/mol. The maximum absolute atomic E-state index is 12.6. The number of hydrogen-bond donors (Lipinski definition) is 1. The second kappa shape index (κ2) is 4.93. The second-order valence-corrected chi connectivity index (χ2v) is 6.81. The summed E-state index contributed by atoms with van der Waals surface area (Å²) < 4.78 is 0.992. The number of hydrogen-bond acceptors (Lipinski definition) is 3. The van der Waals surface area contributed by atoms with E-state index in [1.54, 1.807) is 11.8 Å². The molecule has 1 saturated heterocycles. The number of halogens is 1. The Morgan fingerprint density at radius 1 is 1.14 bits per heavy atom. The van der Waals surface area contributed by atoms with Crippen LogP contribution in [0.3, 0.4) is 0 Å². The van der Waals surface area contributed by atoms with E-state index in [-0.39, 0.29) is 11.4 Å². The first-order chi connectivity index (χ1) is 10.2. The molecular formula is C16H11BrN2OS. The summed E-state index contributed by atoms with van der Waals surface area (Å²) in [6.45, 7) is 0. The molecule has 0 spiro atoms. The molecule has 5 heteroatoms. The van der Waals surface area contributed by atoms with Crippen LogP contribution in [0.25, 0.3) is 6.08 Å². The Hall–Kier alpha value is -1.72. The van der Waals surface area contributed by atoms with Gasteiger partial charge in [0.25, 0.3) is 5.91 Å². The van der Waals surface area contributed by atoms with Crippen molar-refractivity contribution < 1.29 is 4.79 Å². The monoisotopic (exact) mass is 358 g/mol. The summed E-state index contributed by atoms with van der Waals surface area (Å²) in [5.41, 5.74) is 2.95. The van der Waals surface area contributed by atoms with Gasteiger partial charge >= 0.3 is 0 Å². The van der Waals surface area contributed by atoms with Gasteiger partial charge in [0.05, 0.1) is 16.3 Å². The molecule has 1 amide bonds. The van der Waals surface area contributed by atoms with Gasteiger partial charge < -0.3 is 5.32 Å². The summed E-state index contributed by atoms with van der Waals surface area (Å²) >= 11 is 5.07. The van der Waals surface area contributed by atoms with Gasteiger partial charge in [0.1, 0.15) is 0 Å². The Labute approximate surface area is 135 Å². The number of nitrogens with zero attached hydrogens (tertiary/aromatic N) is 1. The lowest BCUT2D eigenvalue weighted by Gasteiger charge is -2.12. The Morgan fingerprint density at radius 2 is 1.90 bits per heavy atom. The number of anilines is 2. The van der Waals surface area contributed by atoms with Crippen molar-refractivity contribution in [3.05, 3.63) is 63.5 Å². The van der Waals surface area contributed by atoms with Crippen LogP contribution in [0.15, 0.2) is 57.9 Å². The molecule has 0 aliphatic carbocycles. The highest BCUT2D eigenvalue weighted by atomic mass is 79.9. The molecule has 0 saturated carbocycles. The molecule has 2 aliphatic heterocycles. The summed E-state index contributed by atoms with van der Waals surface area (Å²) in [6.07, 6.45) is 1.94. The van der Waals surface area contributed by atoms with Crippen LogP contribution in [0.1, 0.15) is 5.56 Å². The molecule has 1 fully saturated rings. The van der Waals surface area contributed by atoms with Crippen LogP contribution in [-0.2, 0) is 4.79 Å². The van der Waals surface area contributed by atoms with E-state index in [0.29, 0.717) is 0 Å². The summed E-state index contributed by atoms with van der Waals surface area (Å²) in [6, 6.07) is 15.8. The lowest BCUT2D eigenvalue weighted by Crippen LogP contribution is -2.31. The summed E-state index contributed by atoms with van der Waals surface area (Å²) in [5, 5.41) is 3.37. The normalized spacial score (nSPS) is 21.4. The first-order valence-corrected chi connectivity index (χ1v) is 8.23. The van der Waals surface area contributed by atoms with Crippen LogP contribution >= 0.6 is 27.7 Å². The number of nitrogens with one attached hydrogen (secondary N) is 1. The van der Waals surface area contributed by atoms with Crippen LogP contribution < -0.4 is 10.2 Å². The molecule has 104 valence electrons. The van der Waals surface area contributed by atoms with Crippen LogP contribution in [0, 0.1) is 0 Å². The Bertz CT molecular complexity index is 774. The quantitative estimate of drug-likeness (QED) is 0.772. The number of fused-ring (bicyclic) bond motifs is 3. The van der Waals surface area contributed by atoms with Gasteiger partial charge in [0, 0.05) is 4.47 Å². The fourth-order valence-electron chi connectivity index (χ4n) is 2.55. The van der Waals surface area contributed by atoms with Crippen molar-refractivity contribution in [3.8, 4) is 0 Å². The van der Waals surface area contributed by atoms with Crippen LogP contribution in [0.4, 0.5) is 11.4 Å². The number of para-hydroxylation sites is 2. The van der Waals surface area contributed by atoms with E-state index in [9.17, 15) is 4.79 Å². The zero-order chi connectivity index (χ0) is 14.4. The van der Waals surface area contributed by atoms with Gasteiger partial charge in [0.2, 0.25) is 0 Å². The van der Waals surface area contributed by atoms with Crippen molar-refractivity contribution in [2.45, 2.75) is 5.50 Å². The number of amides is 1. The van der Waals surface area contributed by atoms with Crippen LogP contribution in [0.2, 0.25) is 0 Å². The van der Waals surface area contributed by atoms with Gasteiger partial charge in [0.15, 0.2) is 5.50 Å². The molecule has 2 aromatic rings. The molecule has 2 heterocycles. The first-order valence-electron chi connectivity index (χ1n) is 6.56. The second-order valence-electron chi connectivity index (χ2n) is 4.84. The minimum absolute atomic E-state index is 0.0383. The molecule has 1 N–H and O–H groups in total. The van der Waals surface area contributed by atoms with Gasteiger partial charge in [-0.15, -0.1) is 0 Å². The van der Waals surface area contributed by atoms with E-state index in [1.807, 2.05) is 59.5 Å². The van der Waals surface area contributed by atoms with E-state index in [1.165, 1.54) is 0 Å². The maximum atomic E-state index is 12.6. The molecule has 2 aliphatic rings. The Balaban J connectivity index is 1.71. The van der Waals surface area contributed by atoms with E-state index in [4.69, 9.17) is 0 Å². The van der Waals surface area contributed by atoms with Crippen molar-refractivity contribution in [1.29, 1.82) is 0 Å². The molecular weight excluding hydrogens is 348 g/mol. The highest BCUT2D eigenvalue weighted by molar-refractivity contribution is 9.10. The molecule has 4 rings (SSSR count). The summed E-state index contributed by atoms with van der Waals surface area (Å²) in [7, 11) is 0. The smallest absolute Gasteiger partial charge is 0.267 e. The van der Waals surface area contributed by atoms with E-state index in [2.05, 4.69) is 21.2 Å². The fraction of sp³-hybridized carbons (Fsp3) is 0.0625. The topological polar surface area (TPSA) is 32.3 Å².